The van der Waals surface area contributed by atoms with Gasteiger partial charge in [-0.2, -0.15) is 0 Å². The van der Waals surface area contributed by atoms with Crippen LogP contribution in [0.2, 0.25) is 0 Å². The molecule has 1 aromatic rings. The van der Waals surface area contributed by atoms with Gasteiger partial charge >= 0.3 is 0 Å². The van der Waals surface area contributed by atoms with E-state index in [1.165, 1.54) is 24.0 Å². The fourth-order valence-corrected chi connectivity index (χ4v) is 3.30. The Labute approximate surface area is 116 Å². The number of thioether (sulfide) groups is 2. The van der Waals surface area contributed by atoms with Crippen LogP contribution in [0, 0.1) is 0 Å². The van der Waals surface area contributed by atoms with Crippen LogP contribution in [0.4, 0.5) is 0 Å². The standard InChI is InChI=1S/C9H13NS2.C3H3N3/c1-3-5-10(6-4-2)9-7-11-8-12-9;1-4-2-6-3-5-1/h3-4,7H,1-2,5-6,8H2;1-3H. The molecule has 0 saturated carbocycles. The first-order valence-electron chi connectivity index (χ1n) is 5.34. The molecular weight excluding hydrogens is 264 g/mol. The Morgan fingerprint density at radius 3 is 2.00 bits per heavy atom. The van der Waals surface area contributed by atoms with Gasteiger partial charge in [0.1, 0.15) is 19.0 Å². The molecule has 0 spiro atoms. The molecule has 96 valence electrons. The van der Waals surface area contributed by atoms with Crippen molar-refractivity contribution in [3.8, 4) is 0 Å². The minimum atomic E-state index is 0.908. The molecule has 0 aliphatic carbocycles. The van der Waals surface area contributed by atoms with E-state index in [9.17, 15) is 0 Å². The van der Waals surface area contributed by atoms with Gasteiger partial charge in [-0.3, -0.25) is 0 Å². The fourth-order valence-electron chi connectivity index (χ4n) is 1.17. The second-order valence-corrected chi connectivity index (χ2v) is 5.38. The molecule has 1 aromatic heterocycles. The monoisotopic (exact) mass is 280 g/mol. The third-order valence-corrected chi connectivity index (χ3v) is 4.10. The predicted molar refractivity (Wildman–Crippen MR) is 79.9 cm³/mol. The van der Waals surface area contributed by atoms with Crippen molar-refractivity contribution in [2.45, 2.75) is 0 Å². The number of aromatic nitrogens is 3. The Morgan fingerprint density at radius 2 is 1.67 bits per heavy atom. The molecule has 0 saturated heterocycles. The summed E-state index contributed by atoms with van der Waals surface area (Å²) < 4.78 is 0. The van der Waals surface area contributed by atoms with Crippen LogP contribution in [0.25, 0.3) is 0 Å². The first-order chi connectivity index (χ1) is 8.88. The summed E-state index contributed by atoms with van der Waals surface area (Å²) in [6.45, 7) is 9.29. The largest absolute Gasteiger partial charge is 0.359 e. The summed E-state index contributed by atoms with van der Waals surface area (Å²) in [5.74, 6) is 0. The quantitative estimate of drug-likeness (QED) is 0.773. The summed E-state index contributed by atoms with van der Waals surface area (Å²) in [7, 11) is 0. The molecule has 4 nitrogen and oxygen atoms in total. The van der Waals surface area contributed by atoms with Crippen LogP contribution in [0.1, 0.15) is 0 Å². The van der Waals surface area contributed by atoms with E-state index in [0.29, 0.717) is 0 Å². The SMILES string of the molecule is C=CCN(CC=C)C1=CSCS1.c1ncncn1. The fraction of sp³-hybridized carbons (Fsp3) is 0.250. The van der Waals surface area contributed by atoms with Gasteiger partial charge in [0, 0.05) is 23.6 Å². The Morgan fingerprint density at radius 1 is 1.11 bits per heavy atom. The van der Waals surface area contributed by atoms with Gasteiger partial charge in [0.2, 0.25) is 0 Å². The maximum atomic E-state index is 3.73. The van der Waals surface area contributed by atoms with Crippen molar-refractivity contribution in [1.82, 2.24) is 19.9 Å². The van der Waals surface area contributed by atoms with E-state index < -0.39 is 0 Å². The van der Waals surface area contributed by atoms with Crippen LogP contribution in [-0.2, 0) is 0 Å². The lowest BCUT2D eigenvalue weighted by atomic mass is 10.5. The highest BCUT2D eigenvalue weighted by molar-refractivity contribution is 8.21. The smallest absolute Gasteiger partial charge is 0.119 e. The van der Waals surface area contributed by atoms with Crippen molar-refractivity contribution in [2.24, 2.45) is 0 Å². The number of hydrogen-bond acceptors (Lipinski definition) is 6. The van der Waals surface area contributed by atoms with E-state index in [-0.39, 0.29) is 0 Å². The van der Waals surface area contributed by atoms with Gasteiger partial charge in [0.05, 0.1) is 5.03 Å². The van der Waals surface area contributed by atoms with Crippen LogP contribution in [0.5, 0.6) is 0 Å². The van der Waals surface area contributed by atoms with Gasteiger partial charge in [0.15, 0.2) is 0 Å². The highest BCUT2D eigenvalue weighted by Crippen LogP contribution is 2.33. The first-order valence-corrected chi connectivity index (χ1v) is 7.38. The lowest BCUT2D eigenvalue weighted by molar-refractivity contribution is 0.453. The van der Waals surface area contributed by atoms with Crippen molar-refractivity contribution in [1.29, 1.82) is 0 Å². The van der Waals surface area contributed by atoms with E-state index in [2.05, 4.69) is 38.4 Å². The summed E-state index contributed by atoms with van der Waals surface area (Å²) in [6, 6.07) is 0. The molecule has 1 aliphatic rings. The normalized spacial score (nSPS) is 13.0. The second kappa shape index (κ2) is 9.73. The summed E-state index contributed by atoms with van der Waals surface area (Å²) >= 11 is 3.74. The summed E-state index contributed by atoms with van der Waals surface area (Å²) in [4.78, 5) is 13.0. The zero-order valence-corrected chi connectivity index (χ0v) is 11.7. The van der Waals surface area contributed by atoms with Gasteiger partial charge in [-0.05, 0) is 0 Å². The maximum Gasteiger partial charge on any atom is 0.119 e. The Hall–Kier alpha value is -1.27. The summed E-state index contributed by atoms with van der Waals surface area (Å²) in [5, 5.41) is 4.69. The molecule has 0 aromatic carbocycles. The van der Waals surface area contributed by atoms with Crippen LogP contribution in [0.3, 0.4) is 0 Å². The van der Waals surface area contributed by atoms with E-state index >= 15 is 0 Å². The predicted octanol–water partition coefficient (Wildman–Crippen LogP) is 2.77. The minimum absolute atomic E-state index is 0.908. The molecule has 0 fully saturated rings. The summed E-state index contributed by atoms with van der Waals surface area (Å²) in [6.07, 6.45) is 8.16. The third kappa shape index (κ3) is 5.88. The molecule has 2 heterocycles. The molecule has 6 heteroatoms. The van der Waals surface area contributed by atoms with Crippen LogP contribution < -0.4 is 0 Å². The lowest BCUT2D eigenvalue weighted by Crippen LogP contribution is -2.20. The zero-order valence-electron chi connectivity index (χ0n) is 10.1. The molecule has 0 atom stereocenters. The van der Waals surface area contributed by atoms with Gasteiger partial charge in [-0.25, -0.2) is 15.0 Å². The lowest BCUT2D eigenvalue weighted by Gasteiger charge is -2.21. The summed E-state index contributed by atoms with van der Waals surface area (Å²) in [5.41, 5.74) is 0. The molecule has 0 radical (unpaired) electrons. The van der Waals surface area contributed by atoms with Crippen LogP contribution in [-0.4, -0.2) is 38.0 Å². The second-order valence-electron chi connectivity index (χ2n) is 3.16. The molecule has 2 rings (SSSR count). The molecule has 0 amide bonds. The first kappa shape index (κ1) is 14.8. The average Bonchev–Trinajstić information content (AvgIpc) is 2.95. The Bertz CT molecular complexity index is 344. The van der Waals surface area contributed by atoms with Crippen molar-refractivity contribution in [2.75, 3.05) is 18.2 Å². The molecular formula is C12H16N4S2. The molecule has 0 unspecified atom stereocenters. The topological polar surface area (TPSA) is 41.9 Å². The zero-order chi connectivity index (χ0) is 13.1. The van der Waals surface area contributed by atoms with Crippen molar-refractivity contribution in [3.63, 3.8) is 0 Å². The van der Waals surface area contributed by atoms with E-state index in [0.717, 1.165) is 18.2 Å². The Balaban J connectivity index is 0.000000225. The number of rotatable bonds is 5. The van der Waals surface area contributed by atoms with Crippen LogP contribution >= 0.6 is 23.5 Å². The molecule has 0 bridgehead atoms. The van der Waals surface area contributed by atoms with Crippen LogP contribution in [0.15, 0.2) is 54.7 Å². The van der Waals surface area contributed by atoms with Gasteiger partial charge < -0.3 is 4.90 Å². The van der Waals surface area contributed by atoms with Gasteiger partial charge in [0.25, 0.3) is 0 Å². The van der Waals surface area contributed by atoms with Gasteiger partial charge in [-0.15, -0.1) is 24.9 Å². The Kier molecular flexibility index (Phi) is 7.99. The maximum absolute atomic E-state index is 3.73. The average molecular weight is 280 g/mol. The van der Waals surface area contributed by atoms with Crippen molar-refractivity contribution < 1.29 is 0 Å². The van der Waals surface area contributed by atoms with E-state index in [4.69, 9.17) is 0 Å². The van der Waals surface area contributed by atoms with Crippen molar-refractivity contribution in [3.05, 3.63) is 54.7 Å². The van der Waals surface area contributed by atoms with Crippen molar-refractivity contribution >= 4 is 23.5 Å². The molecule has 18 heavy (non-hydrogen) atoms. The molecule has 1 aliphatic heterocycles. The highest BCUT2D eigenvalue weighted by Gasteiger charge is 2.11. The minimum Gasteiger partial charge on any atom is -0.359 e. The van der Waals surface area contributed by atoms with Gasteiger partial charge in [-0.1, -0.05) is 23.9 Å². The highest BCUT2D eigenvalue weighted by atomic mass is 32.2. The molecule has 0 N–H and O–H groups in total. The number of hydrogen-bond donors (Lipinski definition) is 0. The van der Waals surface area contributed by atoms with E-state index in [1.807, 2.05) is 35.7 Å². The van der Waals surface area contributed by atoms with E-state index in [1.54, 1.807) is 0 Å². The third-order valence-electron chi connectivity index (χ3n) is 1.87. The number of nitrogens with zero attached hydrogens (tertiary/aromatic N) is 4.